The maximum absolute atomic E-state index is 13.3. The van der Waals surface area contributed by atoms with Crippen molar-refractivity contribution in [1.82, 2.24) is 10.2 Å². The Labute approximate surface area is 145 Å². The zero-order valence-corrected chi connectivity index (χ0v) is 13.4. The van der Waals surface area contributed by atoms with Crippen molar-refractivity contribution in [2.75, 3.05) is 4.90 Å². The molecule has 3 rings (SSSR count). The quantitative estimate of drug-likeness (QED) is 0.568. The lowest BCUT2D eigenvalue weighted by molar-refractivity contribution is -0.137. The molecular weight excluding hydrogens is 359 g/mol. The number of aromatic amines is 1. The first kappa shape index (κ1) is 17.3. The molecule has 1 aromatic heterocycles. The average molecular weight is 372 g/mol. The van der Waals surface area contributed by atoms with Crippen LogP contribution >= 0.6 is 11.6 Å². The molecule has 0 atom stereocenters. The molecule has 1 fully saturated rings. The highest BCUT2D eigenvalue weighted by Gasteiger charge is 2.39. The minimum atomic E-state index is -4.77. The molecule has 1 aliphatic rings. The Morgan fingerprint density at radius 1 is 1.40 bits per heavy atom. The lowest BCUT2D eigenvalue weighted by atomic mass is 10.1. The van der Waals surface area contributed by atoms with Crippen molar-refractivity contribution < 1.29 is 18.0 Å². The van der Waals surface area contributed by atoms with Gasteiger partial charge in [0.25, 0.3) is 5.91 Å². The molecule has 0 bridgehead atoms. The van der Waals surface area contributed by atoms with E-state index in [2.05, 4.69) is 10.2 Å². The van der Waals surface area contributed by atoms with Gasteiger partial charge in [0.15, 0.2) is 5.96 Å². The van der Waals surface area contributed by atoms with Crippen molar-refractivity contribution in [2.24, 2.45) is 5.73 Å². The maximum atomic E-state index is 13.3. The Bertz CT molecular complexity index is 844. The van der Waals surface area contributed by atoms with E-state index in [9.17, 15) is 18.0 Å². The number of hydrogen-bond donors (Lipinski definition) is 3. The molecular formula is C15H13ClF3N5O. The summed E-state index contributed by atoms with van der Waals surface area (Å²) in [6.07, 6.45) is -1.83. The lowest BCUT2D eigenvalue weighted by Gasteiger charge is -2.24. The zero-order chi connectivity index (χ0) is 18.4. The fourth-order valence-electron chi connectivity index (χ4n) is 2.55. The van der Waals surface area contributed by atoms with Gasteiger partial charge < -0.3 is 5.73 Å². The van der Waals surface area contributed by atoms with Crippen molar-refractivity contribution in [3.05, 3.63) is 46.2 Å². The van der Waals surface area contributed by atoms with E-state index in [-0.39, 0.29) is 16.5 Å². The van der Waals surface area contributed by atoms with Gasteiger partial charge in [-0.05, 0) is 31.0 Å². The van der Waals surface area contributed by atoms with Crippen LogP contribution in [0.2, 0.25) is 5.02 Å². The number of benzene rings is 1. The van der Waals surface area contributed by atoms with E-state index in [4.69, 9.17) is 22.7 Å². The summed E-state index contributed by atoms with van der Waals surface area (Å²) >= 11 is 5.66. The molecule has 0 unspecified atom stereocenters. The molecule has 132 valence electrons. The minimum absolute atomic E-state index is 0.0979. The number of halogens is 4. The fourth-order valence-corrected chi connectivity index (χ4v) is 2.72. The fraction of sp³-hybridized carbons (Fsp3) is 0.267. The topological polar surface area (TPSA) is 98.9 Å². The second-order valence-electron chi connectivity index (χ2n) is 5.66. The molecule has 0 saturated heterocycles. The minimum Gasteiger partial charge on any atom is -0.369 e. The number of amides is 1. The Kier molecular flexibility index (Phi) is 4.19. The molecule has 10 heteroatoms. The molecule has 0 spiro atoms. The molecule has 1 amide bonds. The van der Waals surface area contributed by atoms with Crippen LogP contribution in [-0.2, 0) is 6.18 Å². The first-order valence-electron chi connectivity index (χ1n) is 7.28. The highest BCUT2D eigenvalue weighted by atomic mass is 35.5. The van der Waals surface area contributed by atoms with Gasteiger partial charge in [-0.1, -0.05) is 11.6 Å². The molecule has 1 aliphatic carbocycles. The number of nitrogens with one attached hydrogen (secondary N) is 2. The maximum Gasteiger partial charge on any atom is 0.418 e. The number of carbonyl (C=O) groups excluding carboxylic acids is 1. The van der Waals surface area contributed by atoms with E-state index in [1.165, 1.54) is 12.3 Å². The van der Waals surface area contributed by atoms with Gasteiger partial charge >= 0.3 is 6.18 Å². The van der Waals surface area contributed by atoms with Gasteiger partial charge in [0.05, 0.1) is 28.7 Å². The molecule has 6 nitrogen and oxygen atoms in total. The predicted octanol–water partition coefficient (Wildman–Crippen LogP) is 3.50. The monoisotopic (exact) mass is 371 g/mol. The predicted molar refractivity (Wildman–Crippen MR) is 85.7 cm³/mol. The third-order valence-corrected chi connectivity index (χ3v) is 4.07. The largest absolute Gasteiger partial charge is 0.418 e. The summed E-state index contributed by atoms with van der Waals surface area (Å²) in [5, 5.41) is 14.0. The summed E-state index contributed by atoms with van der Waals surface area (Å²) in [6.45, 7) is 0. The van der Waals surface area contributed by atoms with Gasteiger partial charge in [-0.2, -0.15) is 18.3 Å². The zero-order valence-electron chi connectivity index (χ0n) is 12.7. The molecule has 0 aliphatic heterocycles. The Balaban J connectivity index is 2.10. The van der Waals surface area contributed by atoms with Crippen molar-refractivity contribution in [3.63, 3.8) is 0 Å². The average Bonchev–Trinajstić information content (AvgIpc) is 3.24. The van der Waals surface area contributed by atoms with Gasteiger partial charge in [0.2, 0.25) is 0 Å². The van der Waals surface area contributed by atoms with Crippen LogP contribution in [0.1, 0.15) is 40.4 Å². The first-order valence-corrected chi connectivity index (χ1v) is 7.66. The highest BCUT2D eigenvalue weighted by Crippen LogP contribution is 2.42. The number of carbonyl (C=O) groups is 1. The summed E-state index contributed by atoms with van der Waals surface area (Å²) in [5.41, 5.74) is 4.35. The summed E-state index contributed by atoms with van der Waals surface area (Å²) in [5.74, 6) is -1.57. The van der Waals surface area contributed by atoms with Crippen LogP contribution < -0.4 is 10.6 Å². The first-order chi connectivity index (χ1) is 11.7. The Morgan fingerprint density at radius 2 is 2.08 bits per heavy atom. The van der Waals surface area contributed by atoms with Gasteiger partial charge in [0, 0.05) is 10.9 Å². The van der Waals surface area contributed by atoms with Crippen LogP contribution in [0.25, 0.3) is 0 Å². The normalized spacial score (nSPS) is 14.4. The van der Waals surface area contributed by atoms with Crippen LogP contribution in [0, 0.1) is 5.41 Å². The van der Waals surface area contributed by atoms with E-state index >= 15 is 0 Å². The molecule has 25 heavy (non-hydrogen) atoms. The molecule has 1 heterocycles. The molecule has 4 N–H and O–H groups in total. The number of rotatable bonds is 3. The van der Waals surface area contributed by atoms with Crippen LogP contribution in [0.3, 0.4) is 0 Å². The number of alkyl halides is 3. The third kappa shape index (κ3) is 3.32. The van der Waals surface area contributed by atoms with Crippen LogP contribution in [-0.4, -0.2) is 22.1 Å². The van der Waals surface area contributed by atoms with Crippen molar-refractivity contribution in [2.45, 2.75) is 24.9 Å². The molecule has 0 radical (unpaired) electrons. The number of hydrogen-bond acceptors (Lipinski definition) is 3. The van der Waals surface area contributed by atoms with E-state index < -0.39 is 29.3 Å². The smallest absolute Gasteiger partial charge is 0.369 e. The van der Waals surface area contributed by atoms with Gasteiger partial charge in [-0.3, -0.25) is 15.3 Å². The summed E-state index contributed by atoms with van der Waals surface area (Å²) in [6, 6.07) is 2.91. The second kappa shape index (κ2) is 6.07. The number of anilines is 1. The van der Waals surface area contributed by atoms with Gasteiger partial charge in [-0.25, -0.2) is 4.90 Å². The molecule has 2 aromatic rings. The summed E-state index contributed by atoms with van der Waals surface area (Å²) in [7, 11) is 0. The van der Waals surface area contributed by atoms with E-state index in [0.717, 1.165) is 18.9 Å². The van der Waals surface area contributed by atoms with E-state index in [1.807, 2.05) is 0 Å². The second-order valence-corrected chi connectivity index (χ2v) is 6.09. The van der Waals surface area contributed by atoms with Crippen molar-refractivity contribution in [1.29, 1.82) is 5.41 Å². The Hall–Kier alpha value is -2.55. The lowest BCUT2D eigenvalue weighted by Crippen LogP contribution is -2.42. The van der Waals surface area contributed by atoms with E-state index in [0.29, 0.717) is 16.7 Å². The van der Waals surface area contributed by atoms with Crippen molar-refractivity contribution >= 4 is 29.2 Å². The Morgan fingerprint density at radius 3 is 2.64 bits per heavy atom. The highest BCUT2D eigenvalue weighted by molar-refractivity contribution is 6.31. The SMILES string of the molecule is N=C(N)N(C(=O)c1cn[nH]c1C1CC1)c1ccc(Cl)cc1C(F)(F)F. The van der Waals surface area contributed by atoms with Crippen LogP contribution in [0.4, 0.5) is 18.9 Å². The van der Waals surface area contributed by atoms with E-state index in [1.54, 1.807) is 0 Å². The summed E-state index contributed by atoms with van der Waals surface area (Å²) < 4.78 is 40.0. The van der Waals surface area contributed by atoms with Crippen LogP contribution in [0.15, 0.2) is 24.4 Å². The van der Waals surface area contributed by atoms with Crippen molar-refractivity contribution in [3.8, 4) is 0 Å². The summed E-state index contributed by atoms with van der Waals surface area (Å²) in [4.78, 5) is 13.3. The number of nitrogens with zero attached hydrogens (tertiary/aromatic N) is 2. The van der Waals surface area contributed by atoms with Gasteiger partial charge in [0.1, 0.15) is 0 Å². The number of nitrogens with two attached hydrogens (primary N) is 1. The molecule has 1 aromatic carbocycles. The molecule has 1 saturated carbocycles. The number of H-pyrrole nitrogens is 1. The third-order valence-electron chi connectivity index (χ3n) is 3.83. The standard InChI is InChI=1S/C15H13ClF3N5O/c16-8-3-4-11(10(5-8)15(17,18)19)24(14(20)21)13(25)9-6-22-23-12(9)7-1-2-7/h3-7H,1-2H2,(H3,20,21)(H,22,23). The van der Waals surface area contributed by atoms with Crippen LogP contribution in [0.5, 0.6) is 0 Å². The number of aromatic nitrogens is 2. The number of guanidine groups is 1. The van der Waals surface area contributed by atoms with Gasteiger partial charge in [-0.15, -0.1) is 0 Å².